The molecule has 6 heteroatoms. The van der Waals surface area contributed by atoms with E-state index >= 15 is 0 Å². The Morgan fingerprint density at radius 3 is 2.86 bits per heavy atom. The molecule has 1 aromatic rings. The van der Waals surface area contributed by atoms with Gasteiger partial charge in [-0.3, -0.25) is 10.1 Å². The summed E-state index contributed by atoms with van der Waals surface area (Å²) in [5.41, 5.74) is 0.854. The predicted molar refractivity (Wildman–Crippen MR) is 81.6 cm³/mol. The molecule has 3 rings (SSSR count). The molecule has 2 aliphatic rings. The number of aryl methyl sites for hydroxylation is 1. The van der Waals surface area contributed by atoms with Gasteiger partial charge >= 0.3 is 5.69 Å². The average molecular weight is 290 g/mol. The number of hydrogen-bond acceptors (Lipinski definition) is 5. The molecule has 2 fully saturated rings. The molecule has 1 saturated carbocycles. The molecule has 0 spiro atoms. The Hall–Kier alpha value is -1.69. The standard InChI is InChI=1S/C15H22N4O2/c1-11-7-9-17-15(14(11)19(20)21)18(13-5-6-13)10-12-4-2-3-8-16-12/h7,9,12-13,16H,2-6,8,10H2,1H3. The van der Waals surface area contributed by atoms with E-state index in [1.165, 1.54) is 12.8 Å². The van der Waals surface area contributed by atoms with Gasteiger partial charge in [0.05, 0.1) is 4.92 Å². The summed E-state index contributed by atoms with van der Waals surface area (Å²) in [7, 11) is 0. The van der Waals surface area contributed by atoms with Crippen LogP contribution >= 0.6 is 0 Å². The van der Waals surface area contributed by atoms with Crippen molar-refractivity contribution in [1.82, 2.24) is 10.3 Å². The van der Waals surface area contributed by atoms with Crippen LogP contribution in [0.15, 0.2) is 12.3 Å². The van der Waals surface area contributed by atoms with Gasteiger partial charge in [-0.15, -0.1) is 0 Å². The van der Waals surface area contributed by atoms with Gasteiger partial charge in [0.2, 0.25) is 5.82 Å². The summed E-state index contributed by atoms with van der Waals surface area (Å²) < 4.78 is 0. The van der Waals surface area contributed by atoms with Crippen molar-refractivity contribution in [3.63, 3.8) is 0 Å². The number of hydrogen-bond donors (Lipinski definition) is 1. The van der Waals surface area contributed by atoms with Gasteiger partial charge in [-0.25, -0.2) is 4.98 Å². The maximum Gasteiger partial charge on any atom is 0.314 e. The van der Waals surface area contributed by atoms with Gasteiger partial charge in [0.25, 0.3) is 0 Å². The minimum absolute atomic E-state index is 0.167. The van der Waals surface area contributed by atoms with E-state index in [2.05, 4.69) is 15.2 Å². The first-order valence-corrected chi connectivity index (χ1v) is 7.77. The molecule has 1 atom stereocenters. The Balaban J connectivity index is 1.87. The highest BCUT2D eigenvalue weighted by Crippen LogP contribution is 2.37. The molecule has 1 N–H and O–H groups in total. The van der Waals surface area contributed by atoms with E-state index in [9.17, 15) is 10.1 Å². The second-order valence-electron chi connectivity index (χ2n) is 6.09. The molecule has 1 saturated heterocycles. The van der Waals surface area contributed by atoms with Gasteiger partial charge in [0, 0.05) is 30.4 Å². The molecule has 114 valence electrons. The molecule has 1 aromatic heterocycles. The lowest BCUT2D eigenvalue weighted by Gasteiger charge is -2.31. The Kier molecular flexibility index (Phi) is 4.05. The number of aromatic nitrogens is 1. The van der Waals surface area contributed by atoms with Gasteiger partial charge in [-0.2, -0.15) is 0 Å². The highest BCUT2D eigenvalue weighted by Gasteiger charge is 2.36. The quantitative estimate of drug-likeness (QED) is 0.666. The Bertz CT molecular complexity index is 524. The maximum atomic E-state index is 11.4. The van der Waals surface area contributed by atoms with Gasteiger partial charge in [-0.05, 0) is 45.2 Å². The predicted octanol–water partition coefficient (Wildman–Crippen LogP) is 2.41. The van der Waals surface area contributed by atoms with E-state index in [1.54, 1.807) is 19.2 Å². The molecule has 1 unspecified atom stereocenters. The third-order valence-electron chi connectivity index (χ3n) is 4.38. The molecule has 0 amide bonds. The molecule has 0 aromatic carbocycles. The summed E-state index contributed by atoms with van der Waals surface area (Å²) in [5, 5.41) is 14.9. The fourth-order valence-corrected chi connectivity index (χ4v) is 3.08. The largest absolute Gasteiger partial charge is 0.346 e. The molecule has 0 radical (unpaired) electrons. The number of piperidine rings is 1. The van der Waals surface area contributed by atoms with E-state index in [0.29, 0.717) is 23.5 Å². The molecule has 1 aliphatic heterocycles. The van der Waals surface area contributed by atoms with Crippen molar-refractivity contribution >= 4 is 11.5 Å². The van der Waals surface area contributed by atoms with Crippen LogP contribution in [-0.2, 0) is 0 Å². The van der Waals surface area contributed by atoms with Crippen LogP contribution in [0, 0.1) is 17.0 Å². The highest BCUT2D eigenvalue weighted by atomic mass is 16.6. The molecular formula is C15H22N4O2. The second kappa shape index (κ2) is 5.97. The Morgan fingerprint density at radius 2 is 2.24 bits per heavy atom. The summed E-state index contributed by atoms with van der Waals surface area (Å²) in [6.45, 7) is 3.65. The third kappa shape index (κ3) is 3.15. The zero-order valence-electron chi connectivity index (χ0n) is 12.4. The zero-order valence-corrected chi connectivity index (χ0v) is 12.4. The van der Waals surface area contributed by atoms with Crippen LogP contribution in [-0.4, -0.2) is 35.1 Å². The number of nitro groups is 1. The first-order chi connectivity index (χ1) is 10.2. The highest BCUT2D eigenvalue weighted by molar-refractivity contribution is 5.62. The van der Waals surface area contributed by atoms with E-state index in [4.69, 9.17) is 0 Å². The smallest absolute Gasteiger partial charge is 0.314 e. The van der Waals surface area contributed by atoms with Gasteiger partial charge in [0.1, 0.15) is 0 Å². The SMILES string of the molecule is Cc1ccnc(N(CC2CCCCN2)C2CC2)c1[N+](=O)[O-]. The summed E-state index contributed by atoms with van der Waals surface area (Å²) in [5.74, 6) is 0.551. The lowest BCUT2D eigenvalue weighted by molar-refractivity contribution is -0.384. The lowest BCUT2D eigenvalue weighted by atomic mass is 10.0. The minimum atomic E-state index is -0.290. The molecular weight excluding hydrogens is 268 g/mol. The molecule has 21 heavy (non-hydrogen) atoms. The van der Waals surface area contributed by atoms with Crippen molar-refractivity contribution in [2.45, 2.75) is 51.1 Å². The van der Waals surface area contributed by atoms with Crippen molar-refractivity contribution in [3.8, 4) is 0 Å². The minimum Gasteiger partial charge on any atom is -0.346 e. The van der Waals surface area contributed by atoms with Crippen LogP contribution in [0.2, 0.25) is 0 Å². The van der Waals surface area contributed by atoms with E-state index in [-0.39, 0.29) is 10.6 Å². The summed E-state index contributed by atoms with van der Waals surface area (Å²) in [6, 6.07) is 2.55. The first-order valence-electron chi connectivity index (χ1n) is 7.77. The number of anilines is 1. The lowest BCUT2D eigenvalue weighted by Crippen LogP contribution is -2.45. The average Bonchev–Trinajstić information content (AvgIpc) is 3.30. The van der Waals surface area contributed by atoms with Crippen LogP contribution in [0.1, 0.15) is 37.7 Å². The van der Waals surface area contributed by atoms with E-state index in [1.807, 2.05) is 0 Å². The van der Waals surface area contributed by atoms with Crippen molar-refractivity contribution < 1.29 is 4.92 Å². The molecule has 2 heterocycles. The van der Waals surface area contributed by atoms with E-state index in [0.717, 1.165) is 32.4 Å². The Morgan fingerprint density at radius 1 is 1.43 bits per heavy atom. The summed E-state index contributed by atoms with van der Waals surface area (Å²) in [4.78, 5) is 17.6. The number of nitrogens with zero attached hydrogens (tertiary/aromatic N) is 3. The van der Waals surface area contributed by atoms with Crippen molar-refractivity contribution in [2.75, 3.05) is 18.0 Å². The van der Waals surface area contributed by atoms with Gasteiger partial charge in [0.15, 0.2) is 0 Å². The fourth-order valence-electron chi connectivity index (χ4n) is 3.08. The summed E-state index contributed by atoms with van der Waals surface area (Å²) in [6.07, 6.45) is 7.51. The van der Waals surface area contributed by atoms with Crippen LogP contribution in [0.25, 0.3) is 0 Å². The fraction of sp³-hybridized carbons (Fsp3) is 0.667. The first kappa shape index (κ1) is 14.3. The molecule has 1 aliphatic carbocycles. The van der Waals surface area contributed by atoms with Crippen molar-refractivity contribution in [1.29, 1.82) is 0 Å². The van der Waals surface area contributed by atoms with Crippen molar-refractivity contribution in [2.24, 2.45) is 0 Å². The van der Waals surface area contributed by atoms with Crippen LogP contribution in [0.4, 0.5) is 11.5 Å². The number of nitrogens with one attached hydrogen (secondary N) is 1. The topological polar surface area (TPSA) is 71.3 Å². The normalized spacial score (nSPS) is 22.0. The van der Waals surface area contributed by atoms with Crippen LogP contribution < -0.4 is 10.2 Å². The number of rotatable bonds is 5. The maximum absolute atomic E-state index is 11.4. The van der Waals surface area contributed by atoms with Gasteiger partial charge < -0.3 is 10.2 Å². The third-order valence-corrected chi connectivity index (χ3v) is 4.38. The van der Waals surface area contributed by atoms with Crippen LogP contribution in [0.5, 0.6) is 0 Å². The second-order valence-corrected chi connectivity index (χ2v) is 6.09. The Labute approximate surface area is 124 Å². The van der Waals surface area contributed by atoms with Crippen LogP contribution in [0.3, 0.4) is 0 Å². The van der Waals surface area contributed by atoms with Crippen molar-refractivity contribution in [3.05, 3.63) is 27.9 Å². The zero-order chi connectivity index (χ0) is 14.8. The van der Waals surface area contributed by atoms with E-state index < -0.39 is 0 Å². The number of pyridine rings is 1. The summed E-state index contributed by atoms with van der Waals surface area (Å²) >= 11 is 0. The van der Waals surface area contributed by atoms with Gasteiger partial charge in [-0.1, -0.05) is 6.42 Å². The monoisotopic (exact) mass is 290 g/mol. The molecule has 6 nitrogen and oxygen atoms in total. The molecule has 0 bridgehead atoms.